The van der Waals surface area contributed by atoms with E-state index in [9.17, 15) is 0 Å². The van der Waals surface area contributed by atoms with Crippen molar-refractivity contribution in [3.8, 4) is 5.69 Å². The molecule has 0 saturated heterocycles. The van der Waals surface area contributed by atoms with Crippen LogP contribution in [0.3, 0.4) is 0 Å². The van der Waals surface area contributed by atoms with Gasteiger partial charge in [-0.3, -0.25) is 0 Å². The van der Waals surface area contributed by atoms with Gasteiger partial charge in [0.05, 0.1) is 22.4 Å². The van der Waals surface area contributed by atoms with Gasteiger partial charge in [0.1, 0.15) is 16.7 Å². The van der Waals surface area contributed by atoms with E-state index < -0.39 is 0 Å². The number of nitrogens with zero attached hydrogens (tertiary/aromatic N) is 5. The first-order valence-electron chi connectivity index (χ1n) is 4.77. The molecule has 6 nitrogen and oxygen atoms in total. The van der Waals surface area contributed by atoms with Crippen LogP contribution in [0.25, 0.3) is 16.7 Å². The fraction of sp³-hybridized carbons (Fsp3) is 0.111. The molecule has 8 heteroatoms. The molecule has 2 N–H and O–H groups in total. The molecule has 17 heavy (non-hydrogen) atoms. The van der Waals surface area contributed by atoms with Gasteiger partial charge < -0.3 is 5.73 Å². The third-order valence-corrected chi connectivity index (χ3v) is 3.34. The van der Waals surface area contributed by atoms with E-state index in [0.29, 0.717) is 22.0 Å². The van der Waals surface area contributed by atoms with Gasteiger partial charge in [-0.25, -0.2) is 4.68 Å². The highest BCUT2D eigenvalue weighted by molar-refractivity contribution is 7.00. The van der Waals surface area contributed by atoms with Gasteiger partial charge in [-0.1, -0.05) is 16.8 Å². The quantitative estimate of drug-likeness (QED) is 0.726. The molecule has 2 aromatic heterocycles. The zero-order chi connectivity index (χ0) is 12.0. The lowest BCUT2D eigenvalue weighted by Gasteiger charge is -2.05. The van der Waals surface area contributed by atoms with Crippen molar-refractivity contribution in [1.82, 2.24) is 23.7 Å². The number of hydrogen-bond donors (Lipinski definition) is 1. The summed E-state index contributed by atoms with van der Waals surface area (Å²) in [5.74, 6) is 0.376. The Hall–Kier alpha value is -1.73. The van der Waals surface area contributed by atoms with Crippen molar-refractivity contribution in [3.05, 3.63) is 22.8 Å². The van der Waals surface area contributed by atoms with Gasteiger partial charge in [-0.15, -0.1) is 5.10 Å². The van der Waals surface area contributed by atoms with Gasteiger partial charge in [0.25, 0.3) is 0 Å². The van der Waals surface area contributed by atoms with Crippen LogP contribution >= 0.6 is 23.3 Å². The number of anilines is 1. The standard InChI is InChI=1S/C9H7ClN6S/c1-4-9(11)12-15-16(4)8-5(10)2-3-6-7(8)14-17-13-6/h2-3H,11H2,1H3. The maximum Gasteiger partial charge on any atom is 0.169 e. The van der Waals surface area contributed by atoms with Crippen molar-refractivity contribution in [2.24, 2.45) is 0 Å². The summed E-state index contributed by atoms with van der Waals surface area (Å²) in [7, 11) is 0. The first kappa shape index (κ1) is 10.4. The largest absolute Gasteiger partial charge is 0.381 e. The highest BCUT2D eigenvalue weighted by atomic mass is 35.5. The molecule has 2 heterocycles. The van der Waals surface area contributed by atoms with Gasteiger partial charge in [-0.05, 0) is 19.1 Å². The third kappa shape index (κ3) is 1.47. The Morgan fingerprint density at radius 3 is 2.88 bits per heavy atom. The average molecular weight is 267 g/mol. The van der Waals surface area contributed by atoms with Crippen LogP contribution in [0, 0.1) is 6.92 Å². The van der Waals surface area contributed by atoms with Crippen LogP contribution in [0.4, 0.5) is 5.82 Å². The molecular weight excluding hydrogens is 260 g/mol. The van der Waals surface area contributed by atoms with E-state index in [1.165, 1.54) is 0 Å². The van der Waals surface area contributed by atoms with Crippen molar-refractivity contribution >= 4 is 40.2 Å². The summed E-state index contributed by atoms with van der Waals surface area (Å²) in [4.78, 5) is 0. The Kier molecular flexibility index (Phi) is 2.23. The van der Waals surface area contributed by atoms with E-state index in [2.05, 4.69) is 19.1 Å². The molecule has 0 aliphatic heterocycles. The van der Waals surface area contributed by atoms with E-state index in [0.717, 1.165) is 22.9 Å². The van der Waals surface area contributed by atoms with Gasteiger partial charge in [0, 0.05) is 0 Å². The SMILES string of the molecule is Cc1c(N)nnn1-c1c(Cl)ccc2nsnc12. The van der Waals surface area contributed by atoms with Crippen LogP contribution in [0.15, 0.2) is 12.1 Å². The zero-order valence-corrected chi connectivity index (χ0v) is 10.3. The minimum absolute atomic E-state index is 0.376. The number of fused-ring (bicyclic) bond motifs is 1. The fourth-order valence-electron chi connectivity index (χ4n) is 1.57. The molecule has 0 radical (unpaired) electrons. The number of aromatic nitrogens is 5. The summed E-state index contributed by atoms with van der Waals surface area (Å²) >= 11 is 7.31. The van der Waals surface area contributed by atoms with Crippen LogP contribution in [0.2, 0.25) is 5.02 Å². The third-order valence-electron chi connectivity index (χ3n) is 2.49. The van der Waals surface area contributed by atoms with Crippen molar-refractivity contribution in [1.29, 1.82) is 0 Å². The summed E-state index contributed by atoms with van der Waals surface area (Å²) in [6.07, 6.45) is 0. The van der Waals surface area contributed by atoms with Crippen LogP contribution in [0.1, 0.15) is 5.69 Å². The Morgan fingerprint density at radius 1 is 1.35 bits per heavy atom. The van der Waals surface area contributed by atoms with E-state index in [1.807, 2.05) is 13.0 Å². The lowest BCUT2D eigenvalue weighted by atomic mass is 10.2. The normalized spacial score (nSPS) is 11.2. The predicted octanol–water partition coefficient (Wildman–Crippen LogP) is 1.82. The zero-order valence-electron chi connectivity index (χ0n) is 8.75. The monoisotopic (exact) mass is 266 g/mol. The van der Waals surface area contributed by atoms with Crippen LogP contribution < -0.4 is 5.73 Å². The molecule has 0 spiro atoms. The van der Waals surface area contributed by atoms with Gasteiger partial charge in [0.15, 0.2) is 5.82 Å². The van der Waals surface area contributed by atoms with Crippen molar-refractivity contribution in [2.75, 3.05) is 5.73 Å². The molecule has 0 atom stereocenters. The minimum atomic E-state index is 0.376. The summed E-state index contributed by atoms with van der Waals surface area (Å²) in [5, 5.41) is 8.32. The maximum atomic E-state index is 6.18. The number of hydrogen-bond acceptors (Lipinski definition) is 6. The first-order valence-corrected chi connectivity index (χ1v) is 5.88. The topological polar surface area (TPSA) is 82.5 Å². The molecule has 3 aromatic rings. The molecule has 0 amide bonds. The molecule has 0 fully saturated rings. The molecular formula is C9H7ClN6S. The second-order valence-electron chi connectivity index (χ2n) is 3.50. The summed E-state index contributed by atoms with van der Waals surface area (Å²) < 4.78 is 9.97. The maximum absolute atomic E-state index is 6.18. The number of benzene rings is 1. The van der Waals surface area contributed by atoms with E-state index >= 15 is 0 Å². The smallest absolute Gasteiger partial charge is 0.169 e. The Morgan fingerprint density at radius 2 is 2.18 bits per heavy atom. The van der Waals surface area contributed by atoms with Crippen LogP contribution in [-0.4, -0.2) is 23.7 Å². The van der Waals surface area contributed by atoms with E-state index in [1.54, 1.807) is 10.7 Å². The fourth-order valence-corrected chi connectivity index (χ4v) is 2.34. The molecule has 86 valence electrons. The molecule has 0 aliphatic rings. The van der Waals surface area contributed by atoms with Crippen molar-refractivity contribution in [2.45, 2.75) is 6.92 Å². The second kappa shape index (κ2) is 3.64. The molecule has 0 saturated carbocycles. The molecule has 0 unspecified atom stereocenters. The number of halogens is 1. The lowest BCUT2D eigenvalue weighted by molar-refractivity contribution is 0.789. The molecule has 0 aliphatic carbocycles. The van der Waals surface area contributed by atoms with Crippen molar-refractivity contribution < 1.29 is 0 Å². The Bertz CT molecular complexity index is 703. The summed E-state index contributed by atoms with van der Waals surface area (Å²) in [5.41, 5.74) is 8.56. The van der Waals surface area contributed by atoms with Gasteiger partial charge >= 0.3 is 0 Å². The summed E-state index contributed by atoms with van der Waals surface area (Å²) in [6, 6.07) is 3.58. The lowest BCUT2D eigenvalue weighted by Crippen LogP contribution is -2.01. The molecule has 0 bridgehead atoms. The van der Waals surface area contributed by atoms with Gasteiger partial charge in [0.2, 0.25) is 0 Å². The van der Waals surface area contributed by atoms with Crippen LogP contribution in [-0.2, 0) is 0 Å². The van der Waals surface area contributed by atoms with Crippen molar-refractivity contribution in [3.63, 3.8) is 0 Å². The minimum Gasteiger partial charge on any atom is -0.381 e. The highest BCUT2D eigenvalue weighted by Gasteiger charge is 2.16. The number of rotatable bonds is 1. The summed E-state index contributed by atoms with van der Waals surface area (Å²) in [6.45, 7) is 1.82. The number of nitrogens with two attached hydrogens (primary N) is 1. The Labute approximate surface area is 105 Å². The molecule has 1 aromatic carbocycles. The number of nitrogen functional groups attached to an aromatic ring is 1. The highest BCUT2D eigenvalue weighted by Crippen LogP contribution is 2.29. The van der Waals surface area contributed by atoms with Crippen LogP contribution in [0.5, 0.6) is 0 Å². The Balaban J connectivity index is 2.40. The average Bonchev–Trinajstić information content (AvgIpc) is 2.89. The molecule has 3 rings (SSSR count). The van der Waals surface area contributed by atoms with E-state index in [-0.39, 0.29) is 0 Å². The van der Waals surface area contributed by atoms with E-state index in [4.69, 9.17) is 17.3 Å². The second-order valence-corrected chi connectivity index (χ2v) is 4.44. The predicted molar refractivity (Wildman–Crippen MR) is 66.5 cm³/mol. The van der Waals surface area contributed by atoms with Gasteiger partial charge in [-0.2, -0.15) is 8.75 Å². The first-order chi connectivity index (χ1) is 8.18.